The van der Waals surface area contributed by atoms with Crippen LogP contribution in [0.25, 0.3) is 10.8 Å². The molecule has 1 aromatic carbocycles. The van der Waals surface area contributed by atoms with Crippen molar-refractivity contribution in [3.8, 4) is 0 Å². The van der Waals surface area contributed by atoms with Crippen molar-refractivity contribution in [2.24, 2.45) is 16.0 Å². The van der Waals surface area contributed by atoms with Gasteiger partial charge in [0.25, 0.3) is 0 Å². The van der Waals surface area contributed by atoms with E-state index < -0.39 is 0 Å². The Morgan fingerprint density at radius 3 is 2.88 bits per heavy atom. The van der Waals surface area contributed by atoms with Gasteiger partial charge in [-0.25, -0.2) is 4.98 Å². The van der Waals surface area contributed by atoms with E-state index in [1.165, 1.54) is 0 Å². The van der Waals surface area contributed by atoms with Gasteiger partial charge < -0.3 is 11.5 Å². The third-order valence-corrected chi connectivity index (χ3v) is 2.21. The third kappa shape index (κ3) is 2.36. The van der Waals surface area contributed by atoms with Crippen molar-refractivity contribution in [1.29, 1.82) is 5.41 Å². The van der Waals surface area contributed by atoms with Crippen molar-refractivity contribution >= 4 is 28.1 Å². The van der Waals surface area contributed by atoms with Crippen LogP contribution in [-0.4, -0.2) is 17.4 Å². The van der Waals surface area contributed by atoms with E-state index in [1.54, 1.807) is 6.20 Å². The third-order valence-electron chi connectivity index (χ3n) is 2.21. The molecule has 1 aromatic heterocycles. The number of rotatable bonds is 3. The molecule has 0 aliphatic carbocycles. The Bertz CT molecular complexity index is 590. The number of amidine groups is 1. The topological polar surface area (TPSA) is 114 Å². The van der Waals surface area contributed by atoms with Crippen molar-refractivity contribution in [3.05, 3.63) is 30.5 Å². The fraction of sp³-hybridized carbons (Fsp3) is 0.0909. The summed E-state index contributed by atoms with van der Waals surface area (Å²) in [5.41, 5.74) is 11.5. The lowest BCUT2D eigenvalue weighted by Crippen LogP contribution is -2.12. The van der Waals surface area contributed by atoms with Gasteiger partial charge in [0.05, 0.1) is 0 Å². The van der Waals surface area contributed by atoms with Gasteiger partial charge in [0.2, 0.25) is 0 Å². The molecule has 0 saturated carbocycles. The Balaban J connectivity index is 2.47. The molecule has 6 heteroatoms. The van der Waals surface area contributed by atoms with E-state index in [9.17, 15) is 0 Å². The summed E-state index contributed by atoms with van der Waals surface area (Å²) in [7, 11) is 0. The minimum absolute atomic E-state index is 0.0412. The summed E-state index contributed by atoms with van der Waals surface area (Å²) in [5.74, 6) is 0.275. The molecule has 2 rings (SSSR count). The highest BCUT2D eigenvalue weighted by atomic mass is 15.1. The van der Waals surface area contributed by atoms with Crippen LogP contribution in [0, 0.1) is 5.41 Å². The Kier molecular flexibility index (Phi) is 2.95. The molecular formula is C11H12N6. The molecule has 6 nitrogen and oxygen atoms in total. The Morgan fingerprint density at radius 2 is 2.12 bits per heavy atom. The first-order valence-corrected chi connectivity index (χ1v) is 5.02. The molecular weight excluding hydrogens is 216 g/mol. The molecule has 0 bridgehead atoms. The van der Waals surface area contributed by atoms with Crippen LogP contribution in [0.3, 0.4) is 0 Å². The second kappa shape index (κ2) is 4.56. The van der Waals surface area contributed by atoms with Gasteiger partial charge in [-0.15, -0.1) is 0 Å². The van der Waals surface area contributed by atoms with Gasteiger partial charge in [-0.1, -0.05) is 24.3 Å². The lowest BCUT2D eigenvalue weighted by atomic mass is 10.1. The van der Waals surface area contributed by atoms with Crippen LogP contribution in [0.4, 0.5) is 11.5 Å². The highest BCUT2D eigenvalue weighted by molar-refractivity contribution is 5.95. The summed E-state index contributed by atoms with van der Waals surface area (Å²) in [6.45, 7) is 0.0582. The number of aromatic nitrogens is 1. The van der Waals surface area contributed by atoms with Crippen molar-refractivity contribution < 1.29 is 0 Å². The van der Waals surface area contributed by atoms with E-state index in [1.807, 2.05) is 24.3 Å². The largest absolute Gasteiger partial charge is 0.386 e. The average molecular weight is 228 g/mol. The molecule has 5 N–H and O–H groups in total. The van der Waals surface area contributed by atoms with Gasteiger partial charge in [-0.2, -0.15) is 10.2 Å². The molecule has 17 heavy (non-hydrogen) atoms. The number of pyridine rings is 1. The number of nitrogen functional groups attached to an aromatic ring is 1. The zero-order valence-electron chi connectivity index (χ0n) is 9.09. The molecule has 0 unspecified atom stereocenters. The minimum Gasteiger partial charge on any atom is -0.386 e. The van der Waals surface area contributed by atoms with E-state index in [2.05, 4.69) is 15.2 Å². The van der Waals surface area contributed by atoms with Crippen molar-refractivity contribution in [2.75, 3.05) is 12.3 Å². The summed E-state index contributed by atoms with van der Waals surface area (Å²) < 4.78 is 0. The lowest BCUT2D eigenvalue weighted by molar-refractivity contribution is 1.08. The molecule has 0 spiro atoms. The van der Waals surface area contributed by atoms with E-state index in [0.29, 0.717) is 11.5 Å². The number of fused-ring (bicyclic) bond motifs is 1. The highest BCUT2D eigenvalue weighted by Gasteiger charge is 2.05. The van der Waals surface area contributed by atoms with E-state index >= 15 is 0 Å². The molecule has 0 amide bonds. The number of benzene rings is 1. The maximum absolute atomic E-state index is 7.05. The standard InChI is InChI=1S/C11H12N6/c12-9(13)6-16-17-10-8-4-2-1-3-7(8)5-15-11(10)14/h1-5H,6H2,(H3,12,13)(H2,14,15)/b17-16+. The van der Waals surface area contributed by atoms with E-state index in [0.717, 1.165) is 10.8 Å². The number of hydrogen-bond acceptors (Lipinski definition) is 5. The molecule has 0 aliphatic rings. The number of hydrogen-bond donors (Lipinski definition) is 3. The van der Waals surface area contributed by atoms with Gasteiger partial charge in [0, 0.05) is 17.0 Å². The fourth-order valence-corrected chi connectivity index (χ4v) is 1.45. The van der Waals surface area contributed by atoms with E-state index in [4.69, 9.17) is 16.9 Å². The molecule has 0 saturated heterocycles. The summed E-state index contributed by atoms with van der Waals surface area (Å²) in [5, 5.41) is 16.7. The number of nitrogens with one attached hydrogen (secondary N) is 1. The first-order valence-electron chi connectivity index (χ1n) is 5.02. The van der Waals surface area contributed by atoms with Crippen LogP contribution < -0.4 is 11.5 Å². The summed E-state index contributed by atoms with van der Waals surface area (Å²) in [4.78, 5) is 4.04. The van der Waals surface area contributed by atoms with Crippen molar-refractivity contribution in [1.82, 2.24) is 4.98 Å². The van der Waals surface area contributed by atoms with Gasteiger partial charge in [0.15, 0.2) is 5.82 Å². The smallest absolute Gasteiger partial charge is 0.151 e. The fourth-order valence-electron chi connectivity index (χ4n) is 1.45. The van der Waals surface area contributed by atoms with Crippen molar-refractivity contribution in [2.45, 2.75) is 0 Å². The molecule has 0 atom stereocenters. The van der Waals surface area contributed by atoms with Gasteiger partial charge in [-0.05, 0) is 0 Å². The molecule has 1 heterocycles. The maximum atomic E-state index is 7.05. The van der Waals surface area contributed by atoms with Crippen LogP contribution >= 0.6 is 0 Å². The number of anilines is 1. The summed E-state index contributed by atoms with van der Waals surface area (Å²) >= 11 is 0. The Morgan fingerprint density at radius 1 is 1.35 bits per heavy atom. The molecule has 0 aliphatic heterocycles. The number of azo groups is 1. The van der Waals surface area contributed by atoms with Crippen LogP contribution in [0.5, 0.6) is 0 Å². The monoisotopic (exact) mass is 228 g/mol. The minimum atomic E-state index is -0.0412. The van der Waals surface area contributed by atoms with Crippen LogP contribution in [0.2, 0.25) is 0 Å². The number of nitrogens with zero attached hydrogens (tertiary/aromatic N) is 3. The van der Waals surface area contributed by atoms with Crippen molar-refractivity contribution in [3.63, 3.8) is 0 Å². The quantitative estimate of drug-likeness (QED) is 0.423. The van der Waals surface area contributed by atoms with Crippen LogP contribution in [-0.2, 0) is 0 Å². The second-order valence-electron chi connectivity index (χ2n) is 3.50. The van der Waals surface area contributed by atoms with Gasteiger partial charge >= 0.3 is 0 Å². The van der Waals surface area contributed by atoms with Crippen LogP contribution in [0.15, 0.2) is 40.7 Å². The SMILES string of the molecule is N=C(N)C/N=N/c1c(N)ncc2ccccc12. The normalized spacial score (nSPS) is 11.1. The Hall–Kier alpha value is -2.50. The zero-order chi connectivity index (χ0) is 12.3. The van der Waals surface area contributed by atoms with Gasteiger partial charge in [-0.3, -0.25) is 5.41 Å². The average Bonchev–Trinajstić information content (AvgIpc) is 2.32. The molecule has 2 aromatic rings. The predicted molar refractivity (Wildman–Crippen MR) is 67.5 cm³/mol. The van der Waals surface area contributed by atoms with Gasteiger partial charge in [0.1, 0.15) is 18.1 Å². The molecule has 0 fully saturated rings. The van der Waals surface area contributed by atoms with E-state index in [-0.39, 0.29) is 12.4 Å². The molecule has 86 valence electrons. The summed E-state index contributed by atoms with van der Waals surface area (Å²) in [6, 6.07) is 7.63. The Labute approximate surface area is 97.9 Å². The summed E-state index contributed by atoms with van der Waals surface area (Å²) in [6.07, 6.45) is 1.69. The predicted octanol–water partition coefficient (Wildman–Crippen LogP) is 1.84. The number of nitrogens with two attached hydrogens (primary N) is 2. The van der Waals surface area contributed by atoms with Crippen LogP contribution in [0.1, 0.15) is 0 Å². The molecule has 0 radical (unpaired) electrons. The lowest BCUT2D eigenvalue weighted by Gasteiger charge is -2.03. The zero-order valence-corrected chi connectivity index (χ0v) is 9.09. The first-order chi connectivity index (χ1) is 8.18. The first kappa shape index (κ1) is 11.0. The second-order valence-corrected chi connectivity index (χ2v) is 3.50. The maximum Gasteiger partial charge on any atom is 0.151 e. The highest BCUT2D eigenvalue weighted by Crippen LogP contribution is 2.30.